The number of benzene rings is 1. The number of halogens is 2. The van der Waals surface area contributed by atoms with Crippen LogP contribution in [0, 0.1) is 5.82 Å². The Hall–Kier alpha value is -1.45. The minimum atomic E-state index is -0.313. The molecule has 2 heterocycles. The number of hydrogen-bond acceptors (Lipinski definition) is 2. The Morgan fingerprint density at radius 3 is 2.82 bits per heavy atom. The Morgan fingerprint density at radius 2 is 2.12 bits per heavy atom. The first-order valence-corrected chi connectivity index (χ1v) is 5.77. The van der Waals surface area contributed by atoms with Crippen molar-refractivity contribution in [3.8, 4) is 11.1 Å². The number of hydrogen-bond donors (Lipinski definition) is 1. The third kappa shape index (κ3) is 2.04. The Labute approximate surface area is 103 Å². The van der Waals surface area contributed by atoms with Crippen LogP contribution in [0.5, 0.6) is 0 Å². The largest absolute Gasteiger partial charge is 0.306 e. The van der Waals surface area contributed by atoms with Crippen LogP contribution >= 0.6 is 11.6 Å². The lowest BCUT2D eigenvalue weighted by Gasteiger charge is -2.08. The van der Waals surface area contributed by atoms with Gasteiger partial charge in [0.1, 0.15) is 5.82 Å². The predicted octanol–water partition coefficient (Wildman–Crippen LogP) is 3.19. The third-order valence-electron chi connectivity index (χ3n) is 2.80. The average Bonchev–Trinajstić information content (AvgIpc) is 3.13. The molecule has 0 saturated carbocycles. The highest BCUT2D eigenvalue weighted by atomic mass is 35.5. The van der Waals surface area contributed by atoms with Crippen molar-refractivity contribution in [2.75, 3.05) is 6.54 Å². The van der Waals surface area contributed by atoms with E-state index in [1.807, 2.05) is 12.1 Å². The fourth-order valence-electron chi connectivity index (χ4n) is 1.88. The first kappa shape index (κ1) is 10.7. The third-order valence-corrected chi connectivity index (χ3v) is 3.03. The second-order valence-electron chi connectivity index (χ2n) is 4.02. The first-order valence-electron chi connectivity index (χ1n) is 5.39. The standard InChI is InChI=1S/C13H10ClFN2/c14-8-3-4-9(11(15)6-8)10-2-1-5-16-13(10)12-7-17-12/h1-6,12,17H,7H2. The Bertz CT molecular complexity index is 567. The molecule has 1 aliphatic heterocycles. The summed E-state index contributed by atoms with van der Waals surface area (Å²) >= 11 is 5.75. The molecule has 0 radical (unpaired) electrons. The van der Waals surface area contributed by atoms with Crippen LogP contribution in [0.15, 0.2) is 36.5 Å². The molecule has 1 N–H and O–H groups in total. The normalized spacial score (nSPS) is 18.1. The molecule has 86 valence electrons. The highest BCUT2D eigenvalue weighted by Crippen LogP contribution is 2.32. The van der Waals surface area contributed by atoms with Gasteiger partial charge in [0.05, 0.1) is 11.7 Å². The molecule has 3 rings (SSSR count). The second-order valence-corrected chi connectivity index (χ2v) is 4.46. The van der Waals surface area contributed by atoms with Crippen molar-refractivity contribution < 1.29 is 4.39 Å². The van der Waals surface area contributed by atoms with Gasteiger partial charge in [0.2, 0.25) is 0 Å². The van der Waals surface area contributed by atoms with Gasteiger partial charge >= 0.3 is 0 Å². The van der Waals surface area contributed by atoms with Gasteiger partial charge < -0.3 is 5.32 Å². The van der Waals surface area contributed by atoms with Crippen LogP contribution in [0.25, 0.3) is 11.1 Å². The quantitative estimate of drug-likeness (QED) is 0.829. The molecule has 1 aliphatic rings. The molecular weight excluding hydrogens is 239 g/mol. The van der Waals surface area contributed by atoms with Crippen LogP contribution in [0.3, 0.4) is 0 Å². The highest BCUT2D eigenvalue weighted by molar-refractivity contribution is 6.30. The molecule has 1 aromatic carbocycles. The van der Waals surface area contributed by atoms with Gasteiger partial charge in [0.15, 0.2) is 0 Å². The lowest BCUT2D eigenvalue weighted by atomic mass is 10.0. The average molecular weight is 249 g/mol. The molecule has 2 aromatic rings. The minimum Gasteiger partial charge on any atom is -0.306 e. The number of nitrogens with zero attached hydrogens (tertiary/aromatic N) is 1. The zero-order valence-corrected chi connectivity index (χ0v) is 9.71. The van der Waals surface area contributed by atoms with E-state index in [9.17, 15) is 4.39 Å². The molecule has 1 saturated heterocycles. The SMILES string of the molecule is Fc1cc(Cl)ccc1-c1cccnc1C1CN1. The number of rotatable bonds is 2. The van der Waals surface area contributed by atoms with Crippen molar-refractivity contribution in [2.24, 2.45) is 0 Å². The maximum absolute atomic E-state index is 13.9. The van der Waals surface area contributed by atoms with Crippen molar-refractivity contribution in [1.29, 1.82) is 0 Å². The van der Waals surface area contributed by atoms with E-state index in [1.165, 1.54) is 6.07 Å². The molecule has 0 spiro atoms. The first-order chi connectivity index (χ1) is 8.25. The van der Waals surface area contributed by atoms with Crippen molar-refractivity contribution in [2.45, 2.75) is 6.04 Å². The predicted molar refractivity (Wildman–Crippen MR) is 65.4 cm³/mol. The lowest BCUT2D eigenvalue weighted by Crippen LogP contribution is -1.95. The molecule has 1 fully saturated rings. The molecule has 2 nitrogen and oxygen atoms in total. The number of pyridine rings is 1. The highest BCUT2D eigenvalue weighted by Gasteiger charge is 2.27. The molecule has 17 heavy (non-hydrogen) atoms. The van der Waals surface area contributed by atoms with Crippen LogP contribution < -0.4 is 5.32 Å². The fraction of sp³-hybridized carbons (Fsp3) is 0.154. The van der Waals surface area contributed by atoms with E-state index in [1.54, 1.807) is 18.3 Å². The van der Waals surface area contributed by atoms with Crippen LogP contribution in [0.1, 0.15) is 11.7 Å². The summed E-state index contributed by atoms with van der Waals surface area (Å²) in [4.78, 5) is 4.32. The minimum absolute atomic E-state index is 0.251. The van der Waals surface area contributed by atoms with Crippen LogP contribution in [-0.4, -0.2) is 11.5 Å². The maximum Gasteiger partial charge on any atom is 0.132 e. The van der Waals surface area contributed by atoms with Gasteiger partial charge in [-0.3, -0.25) is 4.98 Å². The number of nitrogens with one attached hydrogen (secondary N) is 1. The molecule has 4 heteroatoms. The second kappa shape index (κ2) is 4.09. The van der Waals surface area contributed by atoms with Gasteiger partial charge in [-0.15, -0.1) is 0 Å². The Morgan fingerprint density at radius 1 is 1.29 bits per heavy atom. The maximum atomic E-state index is 13.9. The molecule has 1 aromatic heterocycles. The Kier molecular flexibility index (Phi) is 2.57. The van der Waals surface area contributed by atoms with Crippen LogP contribution in [0.2, 0.25) is 5.02 Å². The zero-order chi connectivity index (χ0) is 11.8. The van der Waals surface area contributed by atoms with Crippen molar-refractivity contribution in [3.05, 3.63) is 53.1 Å². The summed E-state index contributed by atoms with van der Waals surface area (Å²) in [7, 11) is 0. The molecule has 1 atom stereocenters. The molecule has 1 unspecified atom stereocenters. The number of aromatic nitrogens is 1. The summed E-state index contributed by atoms with van der Waals surface area (Å²) in [6, 6.07) is 8.66. The summed E-state index contributed by atoms with van der Waals surface area (Å²) < 4.78 is 13.9. The topological polar surface area (TPSA) is 34.8 Å². The van der Waals surface area contributed by atoms with E-state index in [-0.39, 0.29) is 11.9 Å². The molecule has 0 bridgehead atoms. The zero-order valence-electron chi connectivity index (χ0n) is 8.95. The summed E-state index contributed by atoms with van der Waals surface area (Å²) in [6.07, 6.45) is 1.73. The van der Waals surface area contributed by atoms with E-state index in [2.05, 4.69) is 10.3 Å². The smallest absolute Gasteiger partial charge is 0.132 e. The summed E-state index contributed by atoms with van der Waals surface area (Å²) in [5.74, 6) is -0.313. The van der Waals surface area contributed by atoms with Crippen LogP contribution in [-0.2, 0) is 0 Å². The van der Waals surface area contributed by atoms with Gasteiger partial charge in [-0.05, 0) is 24.3 Å². The Balaban J connectivity index is 2.14. The van der Waals surface area contributed by atoms with Gasteiger partial charge in [-0.1, -0.05) is 17.7 Å². The van der Waals surface area contributed by atoms with Gasteiger partial charge in [0.25, 0.3) is 0 Å². The fourth-order valence-corrected chi connectivity index (χ4v) is 2.04. The van der Waals surface area contributed by atoms with Crippen molar-refractivity contribution in [1.82, 2.24) is 10.3 Å². The monoisotopic (exact) mass is 248 g/mol. The van der Waals surface area contributed by atoms with E-state index in [0.717, 1.165) is 17.8 Å². The van der Waals surface area contributed by atoms with Gasteiger partial charge in [-0.25, -0.2) is 4.39 Å². The molecule has 0 amide bonds. The van der Waals surface area contributed by atoms with E-state index in [4.69, 9.17) is 11.6 Å². The van der Waals surface area contributed by atoms with E-state index < -0.39 is 0 Å². The van der Waals surface area contributed by atoms with Crippen molar-refractivity contribution in [3.63, 3.8) is 0 Å². The van der Waals surface area contributed by atoms with Crippen LogP contribution in [0.4, 0.5) is 4.39 Å². The summed E-state index contributed by atoms with van der Waals surface area (Å²) in [5, 5.41) is 3.58. The summed E-state index contributed by atoms with van der Waals surface area (Å²) in [5.41, 5.74) is 2.27. The lowest BCUT2D eigenvalue weighted by molar-refractivity contribution is 0.631. The molecule has 0 aliphatic carbocycles. The molecular formula is C13H10ClFN2. The summed E-state index contributed by atoms with van der Waals surface area (Å²) in [6.45, 7) is 0.902. The van der Waals surface area contributed by atoms with Gasteiger partial charge in [0, 0.05) is 28.9 Å². The van der Waals surface area contributed by atoms with Gasteiger partial charge in [-0.2, -0.15) is 0 Å². The van der Waals surface area contributed by atoms with E-state index in [0.29, 0.717) is 10.6 Å². The van der Waals surface area contributed by atoms with E-state index >= 15 is 0 Å². The van der Waals surface area contributed by atoms with Crippen molar-refractivity contribution >= 4 is 11.6 Å².